The Hall–Kier alpha value is -1.71. The van der Waals surface area contributed by atoms with Crippen molar-refractivity contribution in [1.29, 1.82) is 0 Å². The summed E-state index contributed by atoms with van der Waals surface area (Å²) >= 11 is 0. The Morgan fingerprint density at radius 1 is 1.53 bits per heavy atom. The van der Waals surface area contributed by atoms with Crippen molar-refractivity contribution in [1.82, 2.24) is 0 Å². The second-order valence-electron chi connectivity index (χ2n) is 4.26. The number of nitrogen functional groups attached to an aromatic ring is 1. The Morgan fingerprint density at radius 2 is 2.24 bits per heavy atom. The fourth-order valence-electron chi connectivity index (χ4n) is 1.63. The smallest absolute Gasteiger partial charge is 0.337 e. The van der Waals surface area contributed by atoms with Crippen LogP contribution in [-0.4, -0.2) is 17.7 Å². The summed E-state index contributed by atoms with van der Waals surface area (Å²) in [6.45, 7) is 4.83. The molecule has 0 fully saturated rings. The zero-order chi connectivity index (χ0) is 12.8. The van der Waals surface area contributed by atoms with Crippen LogP contribution in [0.3, 0.4) is 0 Å². The number of aromatic carboxylic acids is 1. The molecule has 17 heavy (non-hydrogen) atoms. The number of benzene rings is 1. The summed E-state index contributed by atoms with van der Waals surface area (Å²) in [5.41, 5.74) is 5.90. The van der Waals surface area contributed by atoms with Crippen LogP contribution in [-0.2, 0) is 0 Å². The number of carbonyl (C=O) groups is 1. The lowest BCUT2D eigenvalue weighted by molar-refractivity contribution is 0.0697. The molecule has 0 saturated carbocycles. The monoisotopic (exact) mass is 237 g/mol. The van der Waals surface area contributed by atoms with Crippen molar-refractivity contribution in [3.05, 3.63) is 23.8 Å². The Bertz CT molecular complexity index is 390. The molecule has 1 atom stereocenters. The van der Waals surface area contributed by atoms with E-state index in [9.17, 15) is 4.79 Å². The first-order valence-corrected chi connectivity index (χ1v) is 5.80. The van der Waals surface area contributed by atoms with Gasteiger partial charge in [-0.05, 0) is 30.5 Å². The predicted molar refractivity (Wildman–Crippen MR) is 67.4 cm³/mol. The number of hydrogen-bond donors (Lipinski definition) is 2. The molecule has 1 unspecified atom stereocenters. The third-order valence-electron chi connectivity index (χ3n) is 2.57. The fraction of sp³-hybridized carbons (Fsp3) is 0.462. The molecular formula is C13H19NO3. The molecule has 4 nitrogen and oxygen atoms in total. The first kappa shape index (κ1) is 13.4. The van der Waals surface area contributed by atoms with Crippen LogP contribution in [0.25, 0.3) is 0 Å². The van der Waals surface area contributed by atoms with Gasteiger partial charge in [-0.15, -0.1) is 0 Å². The number of ether oxygens (including phenoxy) is 1. The highest BCUT2D eigenvalue weighted by Crippen LogP contribution is 2.20. The first-order chi connectivity index (χ1) is 8.04. The Kier molecular flexibility index (Phi) is 4.82. The van der Waals surface area contributed by atoms with Gasteiger partial charge in [0.25, 0.3) is 0 Å². The van der Waals surface area contributed by atoms with E-state index >= 15 is 0 Å². The zero-order valence-electron chi connectivity index (χ0n) is 10.3. The van der Waals surface area contributed by atoms with Crippen LogP contribution in [0.5, 0.6) is 5.75 Å². The van der Waals surface area contributed by atoms with Crippen molar-refractivity contribution >= 4 is 11.7 Å². The van der Waals surface area contributed by atoms with Gasteiger partial charge in [0, 0.05) is 5.69 Å². The van der Waals surface area contributed by atoms with E-state index in [0.717, 1.165) is 12.8 Å². The highest BCUT2D eigenvalue weighted by molar-refractivity contribution is 5.94. The molecule has 0 aliphatic heterocycles. The van der Waals surface area contributed by atoms with Crippen molar-refractivity contribution < 1.29 is 14.6 Å². The maximum absolute atomic E-state index is 10.9. The van der Waals surface area contributed by atoms with Gasteiger partial charge in [0.15, 0.2) is 0 Å². The summed E-state index contributed by atoms with van der Waals surface area (Å²) in [7, 11) is 0. The van der Waals surface area contributed by atoms with E-state index in [2.05, 4.69) is 13.8 Å². The normalized spacial score (nSPS) is 12.1. The highest BCUT2D eigenvalue weighted by atomic mass is 16.5. The molecule has 0 spiro atoms. The van der Waals surface area contributed by atoms with Gasteiger partial charge < -0.3 is 15.6 Å². The lowest BCUT2D eigenvalue weighted by atomic mass is 10.1. The van der Waals surface area contributed by atoms with Crippen molar-refractivity contribution in [2.75, 3.05) is 12.3 Å². The number of carboxylic acid groups (broad SMARTS) is 1. The minimum Gasteiger partial charge on any atom is -0.493 e. The lowest BCUT2D eigenvalue weighted by Crippen LogP contribution is -2.09. The molecular weight excluding hydrogens is 218 g/mol. The molecule has 1 rings (SSSR count). The minimum atomic E-state index is -1.03. The van der Waals surface area contributed by atoms with Crippen molar-refractivity contribution in [3.63, 3.8) is 0 Å². The lowest BCUT2D eigenvalue weighted by Gasteiger charge is -2.12. The van der Waals surface area contributed by atoms with Gasteiger partial charge in [-0.25, -0.2) is 4.79 Å². The van der Waals surface area contributed by atoms with Gasteiger partial charge in [0.05, 0.1) is 12.2 Å². The second kappa shape index (κ2) is 6.13. The molecule has 1 aromatic rings. The van der Waals surface area contributed by atoms with Gasteiger partial charge in [-0.1, -0.05) is 20.3 Å². The summed E-state index contributed by atoms with van der Waals surface area (Å²) in [6, 6.07) is 4.72. The molecule has 0 saturated heterocycles. The Morgan fingerprint density at radius 3 is 2.82 bits per heavy atom. The standard InChI is InChI=1S/C13H19NO3/c1-3-4-9(2)8-17-10-5-6-12(14)11(7-10)13(15)16/h5-7,9H,3-4,8,14H2,1-2H3,(H,15,16). The third kappa shape index (κ3) is 3.98. The third-order valence-corrected chi connectivity index (χ3v) is 2.57. The second-order valence-corrected chi connectivity index (χ2v) is 4.26. The molecule has 4 heteroatoms. The number of hydrogen-bond acceptors (Lipinski definition) is 3. The van der Waals surface area contributed by atoms with Crippen LogP contribution in [0.1, 0.15) is 37.0 Å². The molecule has 3 N–H and O–H groups in total. The van der Waals surface area contributed by atoms with Crippen LogP contribution in [0.4, 0.5) is 5.69 Å². The molecule has 94 valence electrons. The largest absolute Gasteiger partial charge is 0.493 e. The molecule has 0 aliphatic rings. The minimum absolute atomic E-state index is 0.0886. The fourth-order valence-corrected chi connectivity index (χ4v) is 1.63. The van der Waals surface area contributed by atoms with Crippen molar-refractivity contribution in [3.8, 4) is 5.75 Å². The highest BCUT2D eigenvalue weighted by Gasteiger charge is 2.10. The number of carboxylic acids is 1. The molecule has 0 radical (unpaired) electrons. The van der Waals surface area contributed by atoms with Gasteiger partial charge in [-0.3, -0.25) is 0 Å². The van der Waals surface area contributed by atoms with E-state index in [4.69, 9.17) is 15.6 Å². The molecule has 0 heterocycles. The van der Waals surface area contributed by atoms with Crippen LogP contribution in [0.15, 0.2) is 18.2 Å². The summed E-state index contributed by atoms with van der Waals surface area (Å²) in [4.78, 5) is 10.9. The van der Waals surface area contributed by atoms with Crippen LogP contribution in [0.2, 0.25) is 0 Å². The quantitative estimate of drug-likeness (QED) is 0.746. The van der Waals surface area contributed by atoms with E-state index in [1.54, 1.807) is 12.1 Å². The topological polar surface area (TPSA) is 72.5 Å². The van der Waals surface area contributed by atoms with Crippen LogP contribution < -0.4 is 10.5 Å². The van der Waals surface area contributed by atoms with Gasteiger partial charge in [0.1, 0.15) is 5.75 Å². The van der Waals surface area contributed by atoms with Crippen molar-refractivity contribution in [2.24, 2.45) is 5.92 Å². The number of anilines is 1. The zero-order valence-corrected chi connectivity index (χ0v) is 10.3. The van der Waals surface area contributed by atoms with E-state index in [1.165, 1.54) is 6.07 Å². The number of rotatable bonds is 6. The average Bonchev–Trinajstić information content (AvgIpc) is 2.28. The molecule has 0 aliphatic carbocycles. The van der Waals surface area contributed by atoms with Gasteiger partial charge in [0.2, 0.25) is 0 Å². The molecule has 0 bridgehead atoms. The van der Waals surface area contributed by atoms with E-state index in [-0.39, 0.29) is 11.3 Å². The molecule has 1 aromatic carbocycles. The summed E-state index contributed by atoms with van der Waals surface area (Å²) in [6.07, 6.45) is 2.22. The summed E-state index contributed by atoms with van der Waals surface area (Å²) in [5.74, 6) is -0.0139. The SMILES string of the molecule is CCCC(C)COc1ccc(N)c(C(=O)O)c1. The molecule has 0 amide bonds. The summed E-state index contributed by atoms with van der Waals surface area (Å²) < 4.78 is 5.55. The van der Waals surface area contributed by atoms with Gasteiger partial charge in [-0.2, -0.15) is 0 Å². The number of nitrogens with two attached hydrogens (primary N) is 1. The maximum atomic E-state index is 10.9. The van der Waals surface area contributed by atoms with E-state index in [1.807, 2.05) is 0 Å². The van der Waals surface area contributed by atoms with Gasteiger partial charge >= 0.3 is 5.97 Å². The van der Waals surface area contributed by atoms with Crippen LogP contribution in [0, 0.1) is 5.92 Å². The van der Waals surface area contributed by atoms with E-state index in [0.29, 0.717) is 18.3 Å². The molecule has 0 aromatic heterocycles. The van der Waals surface area contributed by atoms with Crippen LogP contribution >= 0.6 is 0 Å². The average molecular weight is 237 g/mol. The Labute approximate surface area is 101 Å². The van der Waals surface area contributed by atoms with E-state index < -0.39 is 5.97 Å². The first-order valence-electron chi connectivity index (χ1n) is 5.80. The maximum Gasteiger partial charge on any atom is 0.337 e. The summed E-state index contributed by atoms with van der Waals surface area (Å²) in [5, 5.41) is 8.92. The van der Waals surface area contributed by atoms with Crippen molar-refractivity contribution in [2.45, 2.75) is 26.7 Å². The Balaban J connectivity index is 2.66. The predicted octanol–water partition coefficient (Wildman–Crippen LogP) is 2.78.